The Morgan fingerprint density at radius 3 is 2.73 bits per heavy atom. The van der Waals surface area contributed by atoms with E-state index >= 15 is 0 Å². The van der Waals surface area contributed by atoms with Gasteiger partial charge in [0.15, 0.2) is 0 Å². The maximum atomic E-state index is 8.81. The predicted molar refractivity (Wildman–Crippen MR) is 41.2 cm³/mol. The molecule has 3 nitrogen and oxygen atoms in total. The minimum atomic E-state index is -0.244. The van der Waals surface area contributed by atoms with Crippen molar-refractivity contribution in [1.29, 1.82) is 5.26 Å². The fourth-order valence-electron chi connectivity index (χ4n) is 0.990. The number of aryl methyl sites for hydroxylation is 1. The van der Waals surface area contributed by atoms with Gasteiger partial charge in [-0.3, -0.25) is 0 Å². The van der Waals surface area contributed by atoms with Crippen LogP contribution in [-0.2, 0) is 5.41 Å². The zero-order valence-electron chi connectivity index (χ0n) is 6.16. The first kappa shape index (κ1) is 6.74. The number of nitrogens with zero attached hydrogens (tertiary/aromatic N) is 3. The van der Waals surface area contributed by atoms with E-state index in [0.29, 0.717) is 0 Å². The lowest BCUT2D eigenvalue weighted by Crippen LogP contribution is -2.00. The summed E-state index contributed by atoms with van der Waals surface area (Å²) >= 11 is 1.36. The molecule has 1 aromatic heterocycles. The van der Waals surface area contributed by atoms with Gasteiger partial charge in [-0.25, -0.2) is 4.98 Å². The number of nitriles is 1. The Labute approximate surface area is 68.9 Å². The molecule has 0 unspecified atom stereocenters. The van der Waals surface area contributed by atoms with Gasteiger partial charge >= 0.3 is 0 Å². The summed E-state index contributed by atoms with van der Waals surface area (Å²) in [6, 6.07) is 2.29. The van der Waals surface area contributed by atoms with Gasteiger partial charge in [0.25, 0.3) is 0 Å². The molecule has 4 heteroatoms. The summed E-state index contributed by atoms with van der Waals surface area (Å²) in [4.78, 5) is 4.20. The Bertz CT molecular complexity index is 319. The fourth-order valence-corrected chi connectivity index (χ4v) is 1.85. The summed E-state index contributed by atoms with van der Waals surface area (Å²) in [5.74, 6) is 0.784. The van der Waals surface area contributed by atoms with Gasteiger partial charge in [0.2, 0.25) is 0 Å². The molecule has 0 saturated heterocycles. The highest BCUT2D eigenvalue weighted by Gasteiger charge is 2.47. The standard InChI is InChI=1S/C7H7N3S/c1-5-9-6(11-10-5)7(4-8)2-3-7/h2-3H2,1H3. The first-order chi connectivity index (χ1) is 5.27. The van der Waals surface area contributed by atoms with Crippen molar-refractivity contribution in [3.63, 3.8) is 0 Å². The van der Waals surface area contributed by atoms with Gasteiger partial charge in [0.1, 0.15) is 16.2 Å². The fraction of sp³-hybridized carbons (Fsp3) is 0.571. The molecular weight excluding hydrogens is 158 g/mol. The van der Waals surface area contributed by atoms with Gasteiger partial charge in [-0.1, -0.05) is 0 Å². The Balaban J connectivity index is 2.38. The van der Waals surface area contributed by atoms with Crippen LogP contribution >= 0.6 is 11.5 Å². The van der Waals surface area contributed by atoms with E-state index in [0.717, 1.165) is 23.7 Å². The summed E-state index contributed by atoms with van der Waals surface area (Å²) < 4.78 is 4.05. The molecule has 0 spiro atoms. The van der Waals surface area contributed by atoms with Crippen LogP contribution in [0.25, 0.3) is 0 Å². The SMILES string of the molecule is Cc1nsc(C2(C#N)CC2)n1. The molecule has 0 atom stereocenters. The highest BCUT2D eigenvalue weighted by Crippen LogP contribution is 2.47. The molecule has 1 heterocycles. The van der Waals surface area contributed by atoms with Crippen LogP contribution in [0.1, 0.15) is 23.7 Å². The smallest absolute Gasteiger partial charge is 0.139 e. The lowest BCUT2D eigenvalue weighted by Gasteiger charge is -1.94. The average Bonchev–Trinajstić information content (AvgIpc) is 2.70. The van der Waals surface area contributed by atoms with Crippen LogP contribution in [0.4, 0.5) is 0 Å². The van der Waals surface area contributed by atoms with E-state index in [9.17, 15) is 0 Å². The average molecular weight is 165 g/mol. The van der Waals surface area contributed by atoms with Gasteiger partial charge in [0, 0.05) is 0 Å². The van der Waals surface area contributed by atoms with E-state index in [1.54, 1.807) is 0 Å². The molecular formula is C7H7N3S. The summed E-state index contributed by atoms with van der Waals surface area (Å²) in [5.41, 5.74) is -0.244. The third-order valence-corrected chi connectivity index (χ3v) is 2.91. The minimum absolute atomic E-state index is 0.244. The molecule has 56 valence electrons. The maximum absolute atomic E-state index is 8.81. The number of aromatic nitrogens is 2. The molecule has 0 aromatic carbocycles. The van der Waals surface area contributed by atoms with E-state index in [1.165, 1.54) is 11.5 Å². The Morgan fingerprint density at radius 2 is 2.36 bits per heavy atom. The number of hydrogen-bond donors (Lipinski definition) is 0. The topological polar surface area (TPSA) is 49.6 Å². The Kier molecular flexibility index (Phi) is 1.24. The molecule has 0 radical (unpaired) electrons. The normalized spacial score (nSPS) is 19.3. The molecule has 0 aliphatic heterocycles. The van der Waals surface area contributed by atoms with E-state index in [1.807, 2.05) is 6.92 Å². The van der Waals surface area contributed by atoms with Crippen LogP contribution in [0.3, 0.4) is 0 Å². The van der Waals surface area contributed by atoms with Crippen molar-refractivity contribution >= 4 is 11.5 Å². The van der Waals surface area contributed by atoms with Gasteiger partial charge in [-0.2, -0.15) is 9.64 Å². The number of hydrogen-bond acceptors (Lipinski definition) is 4. The molecule has 1 fully saturated rings. The zero-order chi connectivity index (χ0) is 7.90. The van der Waals surface area contributed by atoms with Crippen LogP contribution in [0, 0.1) is 18.3 Å². The zero-order valence-corrected chi connectivity index (χ0v) is 6.98. The van der Waals surface area contributed by atoms with E-state index < -0.39 is 0 Å². The van der Waals surface area contributed by atoms with Gasteiger partial charge in [0.05, 0.1) is 6.07 Å². The van der Waals surface area contributed by atoms with Crippen molar-refractivity contribution in [2.24, 2.45) is 0 Å². The van der Waals surface area contributed by atoms with Crippen LogP contribution < -0.4 is 0 Å². The molecule has 11 heavy (non-hydrogen) atoms. The monoisotopic (exact) mass is 165 g/mol. The summed E-state index contributed by atoms with van der Waals surface area (Å²) in [7, 11) is 0. The lowest BCUT2D eigenvalue weighted by molar-refractivity contribution is 0.880. The van der Waals surface area contributed by atoms with Crippen LogP contribution in [0.2, 0.25) is 0 Å². The van der Waals surface area contributed by atoms with Gasteiger partial charge in [-0.15, -0.1) is 0 Å². The summed E-state index contributed by atoms with van der Waals surface area (Å²) in [6.07, 6.45) is 1.91. The first-order valence-electron chi connectivity index (χ1n) is 3.49. The molecule has 0 bridgehead atoms. The third kappa shape index (κ3) is 0.925. The summed E-state index contributed by atoms with van der Waals surface area (Å²) in [5, 5.41) is 9.71. The lowest BCUT2D eigenvalue weighted by atomic mass is 10.1. The second kappa shape index (κ2) is 2.02. The van der Waals surface area contributed by atoms with Crippen molar-refractivity contribution in [1.82, 2.24) is 9.36 Å². The van der Waals surface area contributed by atoms with Crippen molar-refractivity contribution < 1.29 is 0 Å². The van der Waals surface area contributed by atoms with Crippen LogP contribution in [0.5, 0.6) is 0 Å². The molecule has 1 aromatic rings. The maximum Gasteiger partial charge on any atom is 0.139 e. The van der Waals surface area contributed by atoms with E-state index in [4.69, 9.17) is 5.26 Å². The van der Waals surface area contributed by atoms with Gasteiger partial charge in [-0.05, 0) is 31.3 Å². The highest BCUT2D eigenvalue weighted by molar-refractivity contribution is 7.05. The van der Waals surface area contributed by atoms with Crippen LogP contribution in [-0.4, -0.2) is 9.36 Å². The van der Waals surface area contributed by atoms with Crippen LogP contribution in [0.15, 0.2) is 0 Å². The second-order valence-electron chi connectivity index (χ2n) is 2.84. The summed E-state index contributed by atoms with van der Waals surface area (Å²) in [6.45, 7) is 1.85. The second-order valence-corrected chi connectivity index (χ2v) is 3.59. The molecule has 2 rings (SSSR count). The Hall–Kier alpha value is -0.950. The third-order valence-electron chi connectivity index (χ3n) is 1.90. The van der Waals surface area contributed by atoms with Crippen molar-refractivity contribution in [2.75, 3.05) is 0 Å². The highest BCUT2D eigenvalue weighted by atomic mass is 32.1. The van der Waals surface area contributed by atoms with Crippen molar-refractivity contribution in [2.45, 2.75) is 25.2 Å². The van der Waals surface area contributed by atoms with Crippen molar-refractivity contribution in [3.05, 3.63) is 10.8 Å². The molecule has 0 N–H and O–H groups in total. The van der Waals surface area contributed by atoms with Gasteiger partial charge < -0.3 is 0 Å². The van der Waals surface area contributed by atoms with Crippen molar-refractivity contribution in [3.8, 4) is 6.07 Å². The quantitative estimate of drug-likeness (QED) is 0.632. The Morgan fingerprint density at radius 1 is 1.64 bits per heavy atom. The van der Waals surface area contributed by atoms with E-state index in [-0.39, 0.29) is 5.41 Å². The molecule has 0 amide bonds. The molecule has 1 aliphatic carbocycles. The first-order valence-corrected chi connectivity index (χ1v) is 4.26. The largest absolute Gasteiger partial charge is 0.223 e. The molecule has 1 aliphatic rings. The molecule has 1 saturated carbocycles. The number of rotatable bonds is 1. The van der Waals surface area contributed by atoms with E-state index in [2.05, 4.69) is 15.4 Å². The minimum Gasteiger partial charge on any atom is -0.223 e. The predicted octanol–water partition coefficient (Wildman–Crippen LogP) is 1.40.